The lowest BCUT2D eigenvalue weighted by molar-refractivity contribution is 0.587. The first-order valence-corrected chi connectivity index (χ1v) is 7.41. The van der Waals surface area contributed by atoms with Crippen molar-refractivity contribution in [2.45, 2.75) is 33.2 Å². The Labute approximate surface area is 117 Å². The van der Waals surface area contributed by atoms with Crippen LogP contribution in [0.15, 0.2) is 23.6 Å². The van der Waals surface area contributed by atoms with E-state index in [9.17, 15) is 4.39 Å². The monoisotopic (exact) mass is 278 g/mol. The maximum Gasteiger partial charge on any atom is 0.123 e. The van der Waals surface area contributed by atoms with Gasteiger partial charge in [-0.05, 0) is 50.1 Å². The fourth-order valence-electron chi connectivity index (χ4n) is 2.09. The minimum absolute atomic E-state index is 0.0549. The Morgan fingerprint density at radius 1 is 1.37 bits per heavy atom. The van der Waals surface area contributed by atoms with Crippen molar-refractivity contribution in [2.24, 2.45) is 0 Å². The third kappa shape index (κ3) is 3.39. The quantitative estimate of drug-likeness (QED) is 0.894. The lowest BCUT2D eigenvalue weighted by Gasteiger charge is -2.19. The Kier molecular flexibility index (Phi) is 4.66. The molecule has 0 saturated carbocycles. The van der Waals surface area contributed by atoms with Crippen LogP contribution in [0, 0.1) is 19.7 Å². The van der Waals surface area contributed by atoms with E-state index in [0.29, 0.717) is 0 Å². The van der Waals surface area contributed by atoms with Crippen molar-refractivity contribution in [1.82, 2.24) is 10.3 Å². The number of thiazole rings is 1. The molecule has 1 unspecified atom stereocenters. The Hall–Kier alpha value is -1.26. The van der Waals surface area contributed by atoms with Crippen LogP contribution in [0.2, 0.25) is 0 Å². The smallest absolute Gasteiger partial charge is 0.123 e. The van der Waals surface area contributed by atoms with Crippen molar-refractivity contribution < 1.29 is 4.39 Å². The van der Waals surface area contributed by atoms with E-state index in [1.807, 2.05) is 19.9 Å². The number of aryl methyl sites for hydroxylation is 2. The number of rotatable bonds is 5. The van der Waals surface area contributed by atoms with E-state index in [2.05, 4.69) is 22.6 Å². The summed E-state index contributed by atoms with van der Waals surface area (Å²) in [6, 6.07) is 5.01. The molecule has 4 heteroatoms. The summed E-state index contributed by atoms with van der Waals surface area (Å²) in [7, 11) is 0. The van der Waals surface area contributed by atoms with E-state index < -0.39 is 0 Å². The van der Waals surface area contributed by atoms with Gasteiger partial charge in [-0.25, -0.2) is 9.37 Å². The summed E-state index contributed by atoms with van der Waals surface area (Å²) in [5.74, 6) is -0.189. The normalized spacial score (nSPS) is 12.6. The van der Waals surface area contributed by atoms with Crippen LogP contribution < -0.4 is 5.32 Å². The predicted octanol–water partition coefficient (Wildman–Crippen LogP) is 3.99. The Morgan fingerprint density at radius 2 is 2.16 bits per heavy atom. The van der Waals surface area contributed by atoms with Crippen molar-refractivity contribution in [3.63, 3.8) is 0 Å². The molecule has 0 aliphatic carbocycles. The molecule has 1 N–H and O–H groups in total. The maximum atomic E-state index is 13.2. The van der Waals surface area contributed by atoms with Crippen LogP contribution in [0.25, 0.3) is 0 Å². The van der Waals surface area contributed by atoms with Crippen molar-refractivity contribution >= 4 is 11.3 Å². The molecule has 0 bridgehead atoms. The molecule has 2 aromatic rings. The molecule has 1 heterocycles. The molecule has 0 aliphatic rings. The van der Waals surface area contributed by atoms with Crippen LogP contribution in [0.3, 0.4) is 0 Å². The first-order chi connectivity index (χ1) is 9.11. The number of hydrogen-bond acceptors (Lipinski definition) is 3. The lowest BCUT2D eigenvalue weighted by atomic mass is 10.0. The zero-order valence-electron chi connectivity index (χ0n) is 11.5. The highest BCUT2D eigenvalue weighted by Crippen LogP contribution is 2.27. The third-order valence-corrected chi connectivity index (χ3v) is 4.05. The van der Waals surface area contributed by atoms with Crippen LogP contribution in [-0.2, 0) is 0 Å². The van der Waals surface area contributed by atoms with Gasteiger partial charge in [0.1, 0.15) is 10.8 Å². The van der Waals surface area contributed by atoms with Crippen LogP contribution in [-0.4, -0.2) is 11.5 Å². The summed E-state index contributed by atoms with van der Waals surface area (Å²) in [6.07, 6.45) is 1.06. The molecule has 1 aromatic heterocycles. The van der Waals surface area contributed by atoms with E-state index in [-0.39, 0.29) is 11.9 Å². The number of benzene rings is 1. The molecular formula is C15H19FN2S. The van der Waals surface area contributed by atoms with Gasteiger partial charge < -0.3 is 5.32 Å². The fourth-order valence-corrected chi connectivity index (χ4v) is 2.97. The molecule has 0 fully saturated rings. The van der Waals surface area contributed by atoms with Crippen molar-refractivity contribution in [1.29, 1.82) is 0 Å². The molecule has 2 rings (SSSR count). The summed E-state index contributed by atoms with van der Waals surface area (Å²) >= 11 is 1.65. The molecule has 1 atom stereocenters. The second-order valence-electron chi connectivity index (χ2n) is 4.72. The zero-order chi connectivity index (χ0) is 13.8. The molecule has 2 nitrogen and oxygen atoms in total. The maximum absolute atomic E-state index is 13.2. The summed E-state index contributed by atoms with van der Waals surface area (Å²) in [5.41, 5.74) is 3.09. The average Bonchev–Trinajstić information content (AvgIpc) is 2.78. The highest BCUT2D eigenvalue weighted by Gasteiger charge is 2.18. The van der Waals surface area contributed by atoms with Gasteiger partial charge in [0.25, 0.3) is 0 Å². The third-order valence-electron chi connectivity index (χ3n) is 3.03. The molecule has 0 aliphatic heterocycles. The highest BCUT2D eigenvalue weighted by molar-refractivity contribution is 7.09. The standard InChI is InChI=1S/C15H19FN2S/c1-4-7-17-14(15-18-11(3)9-19-15)13-6-5-12(16)8-10(13)2/h5-6,8-9,14,17H,4,7H2,1-3H3. The molecule has 0 saturated heterocycles. The van der Waals surface area contributed by atoms with E-state index in [4.69, 9.17) is 0 Å². The fraction of sp³-hybridized carbons (Fsp3) is 0.400. The molecule has 0 amide bonds. The molecule has 0 spiro atoms. The van der Waals surface area contributed by atoms with Crippen molar-refractivity contribution in [3.05, 3.63) is 51.2 Å². The number of halogens is 1. The van der Waals surface area contributed by atoms with Crippen LogP contribution >= 0.6 is 11.3 Å². The second-order valence-corrected chi connectivity index (χ2v) is 5.60. The van der Waals surface area contributed by atoms with E-state index in [0.717, 1.165) is 34.8 Å². The minimum atomic E-state index is -0.189. The summed E-state index contributed by atoms with van der Waals surface area (Å²) < 4.78 is 13.2. The van der Waals surface area contributed by atoms with Gasteiger partial charge in [0.05, 0.1) is 6.04 Å². The predicted molar refractivity (Wildman–Crippen MR) is 78.1 cm³/mol. The molecule has 19 heavy (non-hydrogen) atoms. The van der Waals surface area contributed by atoms with Gasteiger partial charge in [0, 0.05) is 11.1 Å². The van der Waals surface area contributed by atoms with Crippen LogP contribution in [0.5, 0.6) is 0 Å². The summed E-state index contributed by atoms with van der Waals surface area (Å²) in [5, 5.41) is 6.59. The number of aromatic nitrogens is 1. The number of hydrogen-bond donors (Lipinski definition) is 1. The Bertz CT molecular complexity index is 551. The average molecular weight is 278 g/mol. The topological polar surface area (TPSA) is 24.9 Å². The second kappa shape index (κ2) is 6.26. The van der Waals surface area contributed by atoms with E-state index in [1.165, 1.54) is 6.07 Å². The van der Waals surface area contributed by atoms with Crippen LogP contribution in [0.1, 0.15) is 41.2 Å². The van der Waals surface area contributed by atoms with Gasteiger partial charge in [0.2, 0.25) is 0 Å². The Balaban J connectivity index is 2.36. The van der Waals surface area contributed by atoms with Gasteiger partial charge in [-0.2, -0.15) is 0 Å². The summed E-state index contributed by atoms with van der Waals surface area (Å²) in [4.78, 5) is 4.57. The van der Waals surface area contributed by atoms with Crippen molar-refractivity contribution in [2.75, 3.05) is 6.54 Å². The zero-order valence-corrected chi connectivity index (χ0v) is 12.4. The van der Waals surface area contributed by atoms with E-state index in [1.54, 1.807) is 17.4 Å². The SMILES string of the molecule is CCCNC(c1nc(C)cs1)c1ccc(F)cc1C. The van der Waals surface area contributed by atoms with Gasteiger partial charge in [0.15, 0.2) is 0 Å². The van der Waals surface area contributed by atoms with Crippen molar-refractivity contribution in [3.8, 4) is 0 Å². The number of nitrogens with one attached hydrogen (secondary N) is 1. The van der Waals surface area contributed by atoms with Crippen LogP contribution in [0.4, 0.5) is 4.39 Å². The largest absolute Gasteiger partial charge is 0.304 e. The molecular weight excluding hydrogens is 259 g/mol. The van der Waals surface area contributed by atoms with Gasteiger partial charge >= 0.3 is 0 Å². The lowest BCUT2D eigenvalue weighted by Crippen LogP contribution is -2.24. The minimum Gasteiger partial charge on any atom is -0.304 e. The first kappa shape index (κ1) is 14.2. The highest BCUT2D eigenvalue weighted by atomic mass is 32.1. The first-order valence-electron chi connectivity index (χ1n) is 6.53. The molecule has 1 aromatic carbocycles. The molecule has 102 valence electrons. The number of nitrogens with zero attached hydrogens (tertiary/aromatic N) is 1. The summed E-state index contributed by atoms with van der Waals surface area (Å²) in [6.45, 7) is 6.99. The van der Waals surface area contributed by atoms with Gasteiger partial charge in [-0.1, -0.05) is 13.0 Å². The van der Waals surface area contributed by atoms with E-state index >= 15 is 0 Å². The molecule has 0 radical (unpaired) electrons. The van der Waals surface area contributed by atoms with Gasteiger partial charge in [-0.15, -0.1) is 11.3 Å². The Morgan fingerprint density at radius 3 is 2.74 bits per heavy atom. The van der Waals surface area contributed by atoms with Gasteiger partial charge in [-0.3, -0.25) is 0 Å².